The average Bonchev–Trinajstić information content (AvgIpc) is 3.12. The molecule has 0 spiro atoms. The number of amides is 1. The number of anilines is 1. The van der Waals surface area contributed by atoms with Crippen LogP contribution in [0.2, 0.25) is 0 Å². The van der Waals surface area contributed by atoms with Crippen LogP contribution in [0.1, 0.15) is 28.2 Å². The first-order valence-corrected chi connectivity index (χ1v) is 8.34. The molecule has 0 aromatic carbocycles. The van der Waals surface area contributed by atoms with Gasteiger partial charge in [0.25, 0.3) is 5.91 Å². The number of aryl methyl sites for hydroxylation is 2. The predicted octanol–water partition coefficient (Wildman–Crippen LogP) is 1.19. The fraction of sp³-hybridized carbons (Fsp3) is 0.529. The van der Waals surface area contributed by atoms with E-state index in [1.54, 1.807) is 4.68 Å². The van der Waals surface area contributed by atoms with Crippen molar-refractivity contribution in [1.82, 2.24) is 24.9 Å². The Morgan fingerprint density at radius 2 is 2.04 bits per heavy atom. The SMILES string of the molecule is Cc1nn(C)c(C)c1C(=O)N1CC[C@H](Oc2ccc(N(C)C)nn2)C1. The van der Waals surface area contributed by atoms with E-state index in [-0.39, 0.29) is 12.0 Å². The van der Waals surface area contributed by atoms with Crippen LogP contribution < -0.4 is 9.64 Å². The van der Waals surface area contributed by atoms with Crippen molar-refractivity contribution < 1.29 is 9.53 Å². The summed E-state index contributed by atoms with van der Waals surface area (Å²) in [6.07, 6.45) is 0.710. The van der Waals surface area contributed by atoms with Crippen molar-refractivity contribution in [1.29, 1.82) is 0 Å². The molecule has 0 aliphatic carbocycles. The highest BCUT2D eigenvalue weighted by molar-refractivity contribution is 5.96. The molecule has 0 bridgehead atoms. The number of ether oxygens (including phenoxy) is 1. The number of aromatic nitrogens is 4. The van der Waals surface area contributed by atoms with Crippen molar-refractivity contribution >= 4 is 11.7 Å². The number of likely N-dealkylation sites (tertiary alicyclic amines) is 1. The van der Waals surface area contributed by atoms with Crippen LogP contribution in [0.3, 0.4) is 0 Å². The fourth-order valence-corrected chi connectivity index (χ4v) is 3.04. The van der Waals surface area contributed by atoms with Crippen molar-refractivity contribution in [3.8, 4) is 5.88 Å². The van der Waals surface area contributed by atoms with Gasteiger partial charge in [-0.05, 0) is 19.9 Å². The Bertz CT molecular complexity index is 768. The second kappa shape index (κ2) is 6.70. The van der Waals surface area contributed by atoms with Gasteiger partial charge >= 0.3 is 0 Å². The van der Waals surface area contributed by atoms with Gasteiger partial charge in [0.1, 0.15) is 6.10 Å². The summed E-state index contributed by atoms with van der Waals surface area (Å²) in [4.78, 5) is 16.5. The molecule has 0 radical (unpaired) electrons. The molecule has 0 unspecified atom stereocenters. The molecule has 8 nitrogen and oxygen atoms in total. The van der Waals surface area contributed by atoms with Gasteiger partial charge < -0.3 is 14.5 Å². The first kappa shape index (κ1) is 17.2. The van der Waals surface area contributed by atoms with Crippen molar-refractivity contribution in [3.63, 3.8) is 0 Å². The van der Waals surface area contributed by atoms with Gasteiger partial charge in [-0.15, -0.1) is 10.2 Å². The Labute approximate surface area is 147 Å². The van der Waals surface area contributed by atoms with Crippen molar-refractivity contribution in [2.45, 2.75) is 26.4 Å². The molecule has 134 valence electrons. The Kier molecular flexibility index (Phi) is 4.61. The normalized spacial score (nSPS) is 17.0. The minimum atomic E-state index is -0.0688. The molecule has 1 aliphatic rings. The maximum Gasteiger partial charge on any atom is 0.257 e. The van der Waals surface area contributed by atoms with Crippen LogP contribution in [-0.4, -0.2) is 64.1 Å². The molecule has 25 heavy (non-hydrogen) atoms. The molecule has 1 amide bonds. The summed E-state index contributed by atoms with van der Waals surface area (Å²) in [5.74, 6) is 1.28. The minimum Gasteiger partial charge on any atom is -0.471 e. The Morgan fingerprint density at radius 1 is 1.28 bits per heavy atom. The van der Waals surface area contributed by atoms with E-state index in [1.165, 1.54) is 0 Å². The lowest BCUT2D eigenvalue weighted by atomic mass is 10.2. The molecule has 0 N–H and O–H groups in total. The standard InChI is InChI=1S/C17H24N6O2/c1-11-16(12(2)22(5)20-11)17(24)23-9-8-13(10-23)25-15-7-6-14(18-19-15)21(3)4/h6-7,13H,8-10H2,1-5H3/t13-/m0/s1. The number of rotatable bonds is 4. The number of nitrogens with zero attached hydrogens (tertiary/aromatic N) is 6. The van der Waals surface area contributed by atoms with Crippen LogP contribution in [0.25, 0.3) is 0 Å². The summed E-state index contributed by atoms with van der Waals surface area (Å²) in [6, 6.07) is 3.67. The second-order valence-corrected chi connectivity index (χ2v) is 6.57. The van der Waals surface area contributed by atoms with E-state index in [4.69, 9.17) is 4.74 Å². The van der Waals surface area contributed by atoms with Gasteiger partial charge in [0.05, 0.1) is 17.8 Å². The lowest BCUT2D eigenvalue weighted by Crippen LogP contribution is -2.31. The Hall–Kier alpha value is -2.64. The van der Waals surface area contributed by atoms with Crippen LogP contribution in [0.5, 0.6) is 5.88 Å². The van der Waals surface area contributed by atoms with Crippen LogP contribution in [0.4, 0.5) is 5.82 Å². The zero-order valence-electron chi connectivity index (χ0n) is 15.4. The number of carbonyl (C=O) groups excluding carboxylic acids is 1. The first-order chi connectivity index (χ1) is 11.9. The van der Waals surface area contributed by atoms with Gasteiger partial charge in [0, 0.05) is 45.9 Å². The van der Waals surface area contributed by atoms with E-state index in [1.807, 2.05) is 56.9 Å². The van der Waals surface area contributed by atoms with Crippen molar-refractivity contribution in [2.75, 3.05) is 32.1 Å². The summed E-state index contributed by atoms with van der Waals surface area (Å²) < 4.78 is 7.63. The number of hydrogen-bond donors (Lipinski definition) is 0. The third-order valence-electron chi connectivity index (χ3n) is 4.53. The molecule has 8 heteroatoms. The third-order valence-corrected chi connectivity index (χ3v) is 4.53. The summed E-state index contributed by atoms with van der Waals surface area (Å²) in [6.45, 7) is 5.00. The van der Waals surface area contributed by atoms with E-state index in [0.29, 0.717) is 24.5 Å². The zero-order chi connectivity index (χ0) is 18.1. The first-order valence-electron chi connectivity index (χ1n) is 8.34. The summed E-state index contributed by atoms with van der Waals surface area (Å²) in [5, 5.41) is 12.5. The molecule has 1 atom stereocenters. The van der Waals surface area contributed by atoms with Crippen LogP contribution in [0, 0.1) is 13.8 Å². The minimum absolute atomic E-state index is 0.0169. The van der Waals surface area contributed by atoms with E-state index < -0.39 is 0 Å². The van der Waals surface area contributed by atoms with Gasteiger partial charge in [-0.1, -0.05) is 0 Å². The third kappa shape index (κ3) is 3.42. The number of carbonyl (C=O) groups is 1. The van der Waals surface area contributed by atoms with Gasteiger partial charge in [-0.3, -0.25) is 9.48 Å². The van der Waals surface area contributed by atoms with Crippen molar-refractivity contribution in [3.05, 3.63) is 29.1 Å². The average molecular weight is 344 g/mol. The smallest absolute Gasteiger partial charge is 0.257 e. The van der Waals surface area contributed by atoms with Gasteiger partial charge in [0.2, 0.25) is 5.88 Å². The van der Waals surface area contributed by atoms with Crippen LogP contribution >= 0.6 is 0 Å². The quantitative estimate of drug-likeness (QED) is 0.829. The largest absolute Gasteiger partial charge is 0.471 e. The van der Waals surface area contributed by atoms with E-state index >= 15 is 0 Å². The molecule has 3 rings (SSSR count). The van der Waals surface area contributed by atoms with Crippen LogP contribution in [0.15, 0.2) is 12.1 Å². The second-order valence-electron chi connectivity index (χ2n) is 6.57. The van der Waals surface area contributed by atoms with E-state index in [2.05, 4.69) is 15.3 Å². The molecule has 3 heterocycles. The monoisotopic (exact) mass is 344 g/mol. The summed E-state index contributed by atoms with van der Waals surface area (Å²) in [7, 11) is 5.67. The molecule has 2 aromatic heterocycles. The van der Waals surface area contributed by atoms with E-state index in [9.17, 15) is 4.79 Å². The predicted molar refractivity (Wildman–Crippen MR) is 94.0 cm³/mol. The van der Waals surface area contributed by atoms with Gasteiger partial charge in [-0.25, -0.2) is 0 Å². The van der Waals surface area contributed by atoms with Gasteiger partial charge in [-0.2, -0.15) is 5.10 Å². The topological polar surface area (TPSA) is 76.4 Å². The zero-order valence-corrected chi connectivity index (χ0v) is 15.4. The lowest BCUT2D eigenvalue weighted by molar-refractivity contribution is 0.0769. The fourth-order valence-electron chi connectivity index (χ4n) is 3.04. The van der Waals surface area contributed by atoms with E-state index in [0.717, 1.165) is 23.6 Å². The highest BCUT2D eigenvalue weighted by atomic mass is 16.5. The molecule has 2 aromatic rings. The highest BCUT2D eigenvalue weighted by Crippen LogP contribution is 2.21. The maximum absolute atomic E-state index is 12.8. The maximum atomic E-state index is 12.8. The summed E-state index contributed by atoms with van der Waals surface area (Å²) in [5.41, 5.74) is 2.34. The lowest BCUT2D eigenvalue weighted by Gasteiger charge is -2.17. The molecule has 1 aliphatic heterocycles. The molecule has 1 fully saturated rings. The highest BCUT2D eigenvalue weighted by Gasteiger charge is 2.31. The molecular formula is C17H24N6O2. The molecule has 0 saturated carbocycles. The molecule has 1 saturated heterocycles. The Balaban J connectivity index is 1.64. The molecular weight excluding hydrogens is 320 g/mol. The number of hydrogen-bond acceptors (Lipinski definition) is 6. The van der Waals surface area contributed by atoms with Gasteiger partial charge in [0.15, 0.2) is 5.82 Å². The van der Waals surface area contributed by atoms with Crippen molar-refractivity contribution in [2.24, 2.45) is 7.05 Å². The van der Waals surface area contributed by atoms with Crippen LogP contribution in [-0.2, 0) is 7.05 Å². The summed E-state index contributed by atoms with van der Waals surface area (Å²) >= 11 is 0. The Morgan fingerprint density at radius 3 is 2.60 bits per heavy atom.